The number of hydrogen-bond acceptors (Lipinski definition) is 4. The molecule has 3 heterocycles. The monoisotopic (exact) mass is 338 g/mol. The first-order valence-corrected chi connectivity index (χ1v) is 8.93. The van der Waals surface area contributed by atoms with Crippen LogP contribution in [0.4, 0.5) is 0 Å². The van der Waals surface area contributed by atoms with Gasteiger partial charge in [-0.3, -0.25) is 14.6 Å². The third-order valence-corrected chi connectivity index (χ3v) is 5.31. The average Bonchev–Trinajstić information content (AvgIpc) is 3.38. The van der Waals surface area contributed by atoms with Gasteiger partial charge in [-0.25, -0.2) is 4.98 Å². The second-order valence-corrected chi connectivity index (χ2v) is 7.15. The van der Waals surface area contributed by atoms with Gasteiger partial charge in [0.1, 0.15) is 5.82 Å². The fourth-order valence-electron chi connectivity index (χ4n) is 3.59. The van der Waals surface area contributed by atoms with Crippen molar-refractivity contribution in [3.8, 4) is 11.4 Å². The van der Waals surface area contributed by atoms with E-state index in [1.165, 1.54) is 6.07 Å². The van der Waals surface area contributed by atoms with E-state index in [2.05, 4.69) is 21.9 Å². The normalized spacial score (nSPS) is 23.5. The van der Waals surface area contributed by atoms with Crippen LogP contribution >= 0.6 is 0 Å². The van der Waals surface area contributed by atoms with Gasteiger partial charge in [0.05, 0.1) is 11.4 Å². The highest BCUT2D eigenvalue weighted by atomic mass is 16.2. The van der Waals surface area contributed by atoms with Crippen molar-refractivity contribution < 1.29 is 4.79 Å². The SMILES string of the molecule is C[C@@H]1C[C@@H]1C(=O)N1CCC(c2nc(-c3ccccn3)cc(=O)[nH]2)CC1. The molecule has 1 amide bonds. The zero-order valence-electron chi connectivity index (χ0n) is 14.3. The van der Waals surface area contributed by atoms with Crippen LogP contribution in [0.15, 0.2) is 35.3 Å². The lowest BCUT2D eigenvalue weighted by molar-refractivity contribution is -0.133. The number of amides is 1. The largest absolute Gasteiger partial charge is 0.342 e. The molecule has 1 saturated carbocycles. The summed E-state index contributed by atoms with van der Waals surface area (Å²) in [6.07, 6.45) is 4.39. The molecule has 4 rings (SSSR count). The molecule has 0 unspecified atom stereocenters. The van der Waals surface area contributed by atoms with Crippen LogP contribution in [0.2, 0.25) is 0 Å². The Bertz CT molecular complexity index is 825. The van der Waals surface area contributed by atoms with E-state index in [9.17, 15) is 9.59 Å². The van der Waals surface area contributed by atoms with Crippen molar-refractivity contribution in [3.05, 3.63) is 46.6 Å². The molecule has 0 spiro atoms. The maximum absolute atomic E-state index is 12.4. The fourth-order valence-corrected chi connectivity index (χ4v) is 3.59. The van der Waals surface area contributed by atoms with Gasteiger partial charge in [0, 0.05) is 37.2 Å². The molecule has 6 heteroatoms. The lowest BCUT2D eigenvalue weighted by Crippen LogP contribution is -2.39. The third kappa shape index (κ3) is 3.34. The molecule has 2 atom stereocenters. The van der Waals surface area contributed by atoms with Crippen molar-refractivity contribution in [2.45, 2.75) is 32.1 Å². The second-order valence-electron chi connectivity index (χ2n) is 7.15. The Kier molecular flexibility index (Phi) is 4.11. The zero-order chi connectivity index (χ0) is 17.4. The Morgan fingerprint density at radius 1 is 1.24 bits per heavy atom. The smallest absolute Gasteiger partial charge is 0.251 e. The van der Waals surface area contributed by atoms with Crippen molar-refractivity contribution in [3.63, 3.8) is 0 Å². The van der Waals surface area contributed by atoms with E-state index >= 15 is 0 Å². The Balaban J connectivity index is 1.49. The van der Waals surface area contributed by atoms with E-state index in [0.29, 0.717) is 29.0 Å². The summed E-state index contributed by atoms with van der Waals surface area (Å²) in [7, 11) is 0. The fraction of sp³-hybridized carbons (Fsp3) is 0.474. The van der Waals surface area contributed by atoms with E-state index in [0.717, 1.165) is 32.4 Å². The van der Waals surface area contributed by atoms with Crippen LogP contribution < -0.4 is 5.56 Å². The Labute approximate surface area is 146 Å². The molecule has 1 N–H and O–H groups in total. The summed E-state index contributed by atoms with van der Waals surface area (Å²) in [6.45, 7) is 3.61. The van der Waals surface area contributed by atoms with E-state index < -0.39 is 0 Å². The molecule has 1 aliphatic heterocycles. The predicted octanol–water partition coefficient (Wildman–Crippen LogP) is 2.19. The number of nitrogens with zero attached hydrogens (tertiary/aromatic N) is 3. The van der Waals surface area contributed by atoms with Crippen LogP contribution in [0.1, 0.15) is 37.9 Å². The molecule has 1 saturated heterocycles. The van der Waals surface area contributed by atoms with Gasteiger partial charge in [0.2, 0.25) is 5.91 Å². The molecular weight excluding hydrogens is 316 g/mol. The molecule has 130 valence electrons. The molecule has 6 nitrogen and oxygen atoms in total. The molecule has 1 aliphatic carbocycles. The average molecular weight is 338 g/mol. The lowest BCUT2D eigenvalue weighted by Gasteiger charge is -2.31. The number of carbonyl (C=O) groups is 1. The topological polar surface area (TPSA) is 79.0 Å². The number of pyridine rings is 1. The molecular formula is C19H22N4O2. The standard InChI is InChI=1S/C19H22N4O2/c1-12-10-14(12)19(25)23-8-5-13(6-9-23)18-21-16(11-17(24)22-18)15-4-2-3-7-20-15/h2-4,7,11-14H,5-6,8-10H2,1H3,(H,21,22,24)/t12-,14+/m1/s1. The minimum atomic E-state index is -0.157. The van der Waals surface area contributed by atoms with Gasteiger partial charge < -0.3 is 9.88 Å². The quantitative estimate of drug-likeness (QED) is 0.930. The number of H-pyrrole nitrogens is 1. The Morgan fingerprint density at radius 3 is 2.64 bits per heavy atom. The molecule has 0 radical (unpaired) electrons. The van der Waals surface area contributed by atoms with Gasteiger partial charge >= 0.3 is 0 Å². The third-order valence-electron chi connectivity index (χ3n) is 5.31. The van der Waals surface area contributed by atoms with Crippen LogP contribution in [0.5, 0.6) is 0 Å². The first kappa shape index (κ1) is 16.0. The van der Waals surface area contributed by atoms with E-state index in [1.54, 1.807) is 6.20 Å². The first-order valence-electron chi connectivity index (χ1n) is 8.93. The summed E-state index contributed by atoms with van der Waals surface area (Å²) in [5.74, 6) is 1.96. The van der Waals surface area contributed by atoms with Gasteiger partial charge in [-0.1, -0.05) is 13.0 Å². The number of nitrogens with one attached hydrogen (secondary N) is 1. The highest BCUT2D eigenvalue weighted by Gasteiger charge is 2.42. The zero-order valence-corrected chi connectivity index (χ0v) is 14.3. The number of likely N-dealkylation sites (tertiary alicyclic amines) is 1. The number of piperidine rings is 1. The van der Waals surface area contributed by atoms with Crippen molar-refractivity contribution in [1.29, 1.82) is 0 Å². The van der Waals surface area contributed by atoms with E-state index in [-0.39, 0.29) is 17.4 Å². The van der Waals surface area contributed by atoms with Crippen molar-refractivity contribution in [2.75, 3.05) is 13.1 Å². The van der Waals surface area contributed by atoms with Crippen molar-refractivity contribution in [2.24, 2.45) is 11.8 Å². The molecule has 2 aromatic rings. The summed E-state index contributed by atoms with van der Waals surface area (Å²) in [6, 6.07) is 7.06. The van der Waals surface area contributed by atoms with Gasteiger partial charge in [-0.2, -0.15) is 0 Å². The lowest BCUT2D eigenvalue weighted by atomic mass is 9.95. The van der Waals surface area contributed by atoms with Crippen LogP contribution in [0, 0.1) is 11.8 Å². The summed E-state index contributed by atoms with van der Waals surface area (Å²) >= 11 is 0. The van der Waals surface area contributed by atoms with E-state index in [1.807, 2.05) is 23.1 Å². The Hall–Kier alpha value is -2.50. The van der Waals surface area contributed by atoms with Crippen molar-refractivity contribution >= 4 is 5.91 Å². The van der Waals surface area contributed by atoms with Crippen LogP contribution in [0.25, 0.3) is 11.4 Å². The van der Waals surface area contributed by atoms with Crippen LogP contribution in [-0.4, -0.2) is 38.8 Å². The number of aromatic nitrogens is 3. The second kappa shape index (κ2) is 6.43. The molecule has 2 fully saturated rings. The molecule has 2 aromatic heterocycles. The van der Waals surface area contributed by atoms with Gasteiger partial charge in [0.25, 0.3) is 5.56 Å². The maximum Gasteiger partial charge on any atom is 0.251 e. The van der Waals surface area contributed by atoms with Crippen LogP contribution in [-0.2, 0) is 4.79 Å². The van der Waals surface area contributed by atoms with Gasteiger partial charge in [-0.05, 0) is 37.3 Å². The highest BCUT2D eigenvalue weighted by Crippen LogP contribution is 2.40. The van der Waals surface area contributed by atoms with Gasteiger partial charge in [-0.15, -0.1) is 0 Å². The van der Waals surface area contributed by atoms with Crippen molar-refractivity contribution in [1.82, 2.24) is 19.9 Å². The summed E-state index contributed by atoms with van der Waals surface area (Å²) in [4.78, 5) is 38.2. The Morgan fingerprint density at radius 2 is 2.00 bits per heavy atom. The first-order chi connectivity index (χ1) is 12.1. The molecule has 0 aromatic carbocycles. The minimum Gasteiger partial charge on any atom is -0.342 e. The predicted molar refractivity (Wildman–Crippen MR) is 93.9 cm³/mol. The molecule has 25 heavy (non-hydrogen) atoms. The number of hydrogen-bond donors (Lipinski definition) is 1. The molecule has 2 aliphatic rings. The number of carbonyl (C=O) groups excluding carboxylic acids is 1. The van der Waals surface area contributed by atoms with Crippen LogP contribution in [0.3, 0.4) is 0 Å². The highest BCUT2D eigenvalue weighted by molar-refractivity contribution is 5.81. The number of rotatable bonds is 3. The maximum atomic E-state index is 12.4. The van der Waals surface area contributed by atoms with E-state index in [4.69, 9.17) is 0 Å². The minimum absolute atomic E-state index is 0.157. The summed E-state index contributed by atoms with van der Waals surface area (Å²) in [5.41, 5.74) is 1.14. The number of aromatic amines is 1. The summed E-state index contributed by atoms with van der Waals surface area (Å²) < 4.78 is 0. The molecule has 0 bridgehead atoms. The summed E-state index contributed by atoms with van der Waals surface area (Å²) in [5, 5.41) is 0. The van der Waals surface area contributed by atoms with Gasteiger partial charge in [0.15, 0.2) is 0 Å².